The Bertz CT molecular complexity index is 2320. The van der Waals surface area contributed by atoms with Crippen LogP contribution in [0.5, 0.6) is 0 Å². The number of nitrogens with zero attached hydrogens (tertiary/aromatic N) is 3. The number of carbonyl (C=O) groups excluding carboxylic acids is 5. The second kappa shape index (κ2) is 15.2. The zero-order valence-electron chi connectivity index (χ0n) is 31.9. The van der Waals surface area contributed by atoms with E-state index < -0.39 is 29.1 Å². The molecule has 1 N–H and O–H groups in total. The van der Waals surface area contributed by atoms with E-state index >= 15 is 0 Å². The summed E-state index contributed by atoms with van der Waals surface area (Å²) in [6.45, 7) is 3.55. The maximum absolute atomic E-state index is 13.5. The van der Waals surface area contributed by atoms with E-state index in [9.17, 15) is 28.8 Å². The van der Waals surface area contributed by atoms with Crippen molar-refractivity contribution < 1.29 is 38.7 Å². The summed E-state index contributed by atoms with van der Waals surface area (Å²) in [6, 6.07) is 22.8. The Labute approximate surface area is 340 Å². The second-order valence-electron chi connectivity index (χ2n) is 15.1. The lowest BCUT2D eigenvalue weighted by Gasteiger charge is -2.36. The van der Waals surface area contributed by atoms with Gasteiger partial charge in [-0.05, 0) is 122 Å². The fourth-order valence-electron chi connectivity index (χ4n) is 8.22. The average Bonchev–Trinajstić information content (AvgIpc) is 4.14. The van der Waals surface area contributed by atoms with Gasteiger partial charge in [0.1, 0.15) is 0 Å². The lowest BCUT2D eigenvalue weighted by atomic mass is 9.98. The van der Waals surface area contributed by atoms with Crippen LogP contribution in [0.1, 0.15) is 103 Å². The van der Waals surface area contributed by atoms with Gasteiger partial charge in [0.25, 0.3) is 17.7 Å². The van der Waals surface area contributed by atoms with E-state index in [1.54, 1.807) is 103 Å². The number of halogens is 2. The van der Waals surface area contributed by atoms with Gasteiger partial charge in [-0.1, -0.05) is 47.5 Å². The van der Waals surface area contributed by atoms with Crippen molar-refractivity contribution in [1.82, 2.24) is 14.9 Å². The van der Waals surface area contributed by atoms with Crippen molar-refractivity contribution in [1.29, 1.82) is 0 Å². The van der Waals surface area contributed by atoms with Crippen LogP contribution >= 0.6 is 23.2 Å². The number of hydrogen-bond acceptors (Lipinski definition) is 7. The predicted molar refractivity (Wildman–Crippen MR) is 212 cm³/mol. The van der Waals surface area contributed by atoms with E-state index in [4.69, 9.17) is 33.1 Å². The first-order chi connectivity index (χ1) is 27.1. The highest BCUT2D eigenvalue weighted by Gasteiger charge is 2.56. The maximum atomic E-state index is 13.5. The second-order valence-corrected chi connectivity index (χ2v) is 16.0. The first kappa shape index (κ1) is 39.9. The Hall–Kier alpha value is -5.36. The summed E-state index contributed by atoms with van der Waals surface area (Å²) in [6.07, 6.45) is 3.38. The Morgan fingerprint density at radius 1 is 0.667 bits per heavy atom. The largest absolute Gasteiger partial charge is 0.478 e. The number of hydroxylamine groups is 2. The van der Waals surface area contributed by atoms with Crippen LogP contribution in [-0.4, -0.2) is 81.5 Å². The minimum absolute atomic E-state index is 0.0100. The fourth-order valence-corrected chi connectivity index (χ4v) is 8.61. The molecule has 2 saturated carbocycles. The zero-order chi connectivity index (χ0) is 41.0. The molecule has 57 heavy (non-hydrogen) atoms. The molecular weight excluding hydrogens is 769 g/mol. The van der Waals surface area contributed by atoms with E-state index in [1.165, 1.54) is 7.11 Å². The van der Waals surface area contributed by atoms with Crippen LogP contribution < -0.4 is 0 Å². The van der Waals surface area contributed by atoms with Gasteiger partial charge in [0.2, 0.25) is 0 Å². The molecule has 4 aromatic carbocycles. The van der Waals surface area contributed by atoms with Gasteiger partial charge in [-0.2, -0.15) is 0 Å². The number of ketones is 2. The number of carbonyl (C=O) groups is 6. The van der Waals surface area contributed by atoms with E-state index in [-0.39, 0.29) is 47.7 Å². The molecule has 2 unspecified atom stereocenters. The van der Waals surface area contributed by atoms with Crippen LogP contribution in [-0.2, 0) is 38.3 Å². The Morgan fingerprint density at radius 2 is 1.05 bits per heavy atom. The molecule has 0 spiro atoms. The van der Waals surface area contributed by atoms with E-state index in [1.807, 2.05) is 12.1 Å². The van der Waals surface area contributed by atoms with E-state index in [0.717, 1.165) is 41.9 Å². The summed E-state index contributed by atoms with van der Waals surface area (Å²) in [5.74, 6) is -1.63. The molecular formula is C44H41Cl2N3O8. The third kappa shape index (κ3) is 7.24. The highest BCUT2D eigenvalue weighted by atomic mass is 35.5. The van der Waals surface area contributed by atoms with Gasteiger partial charge in [-0.3, -0.25) is 28.8 Å². The predicted octanol–water partition coefficient (Wildman–Crippen LogP) is 7.30. The van der Waals surface area contributed by atoms with E-state index in [0.29, 0.717) is 37.9 Å². The number of rotatable bonds is 7. The zero-order valence-corrected chi connectivity index (χ0v) is 33.4. The van der Waals surface area contributed by atoms with Crippen molar-refractivity contribution in [3.8, 4) is 0 Å². The topological polar surface area (TPSA) is 142 Å². The lowest BCUT2D eigenvalue weighted by molar-refractivity contribution is -0.123. The van der Waals surface area contributed by atoms with Gasteiger partial charge in [0.05, 0.1) is 35.8 Å². The molecule has 3 amide bonds. The molecule has 4 aromatic rings. The number of benzene rings is 4. The lowest BCUT2D eigenvalue weighted by Crippen LogP contribution is -2.48. The Kier molecular flexibility index (Phi) is 10.6. The minimum atomic E-state index is -0.994. The average molecular weight is 811 g/mol. The van der Waals surface area contributed by atoms with Crippen LogP contribution in [0.4, 0.5) is 0 Å². The van der Waals surface area contributed by atoms with Gasteiger partial charge in [-0.25, -0.2) is 9.86 Å². The molecule has 0 saturated heterocycles. The van der Waals surface area contributed by atoms with Crippen LogP contribution in [0.15, 0.2) is 84.9 Å². The number of hydrogen-bond donors (Lipinski definition) is 1. The normalized spacial score (nSPS) is 20.3. The van der Waals surface area contributed by atoms with Crippen molar-refractivity contribution in [2.45, 2.75) is 75.5 Å². The van der Waals surface area contributed by atoms with Gasteiger partial charge in [-0.15, -0.1) is 0 Å². The number of carboxylic acid groups (broad SMARTS) is 1. The van der Waals surface area contributed by atoms with Crippen molar-refractivity contribution in [2.75, 3.05) is 14.2 Å². The van der Waals surface area contributed by atoms with Crippen LogP contribution in [0, 0.1) is 0 Å². The van der Waals surface area contributed by atoms with Crippen LogP contribution in [0.2, 0.25) is 10.0 Å². The third-order valence-electron chi connectivity index (χ3n) is 11.7. The first-order valence-corrected chi connectivity index (χ1v) is 19.4. The monoisotopic (exact) mass is 809 g/mol. The molecule has 0 aromatic heterocycles. The SMILES string of the molecule is CC1C(=O)Cc2cc(Cl)ccc2C(=O)N1C1(c2ccc(C(=O)O)cc2)CC1.CON(C)C(=O)c1ccc(C2(N3C(=O)c4ccc(Cl)cc4CC(=O)C3C)CC2)cc1. The minimum Gasteiger partial charge on any atom is -0.478 e. The number of fused-ring (bicyclic) bond motifs is 2. The summed E-state index contributed by atoms with van der Waals surface area (Å²) in [7, 11) is 2.98. The number of amides is 3. The van der Waals surface area contributed by atoms with Gasteiger partial charge in [0.15, 0.2) is 11.6 Å². The molecule has 294 valence electrons. The molecule has 2 aliphatic heterocycles. The van der Waals surface area contributed by atoms with Gasteiger partial charge < -0.3 is 14.9 Å². The molecule has 2 heterocycles. The summed E-state index contributed by atoms with van der Waals surface area (Å²) in [5, 5.41) is 11.3. The molecule has 0 bridgehead atoms. The van der Waals surface area contributed by atoms with E-state index in [2.05, 4.69) is 0 Å². The van der Waals surface area contributed by atoms with Gasteiger partial charge in [0, 0.05) is 46.6 Å². The quantitative estimate of drug-likeness (QED) is 0.192. The summed E-state index contributed by atoms with van der Waals surface area (Å²) in [5.41, 5.74) is 3.72. The Balaban J connectivity index is 0.000000175. The molecule has 4 aliphatic rings. The fraction of sp³-hybridized carbons (Fsp3) is 0.318. The first-order valence-electron chi connectivity index (χ1n) is 18.7. The highest BCUT2D eigenvalue weighted by molar-refractivity contribution is 6.31. The molecule has 13 heteroatoms. The maximum Gasteiger partial charge on any atom is 0.335 e. The smallest absolute Gasteiger partial charge is 0.335 e. The number of carboxylic acids is 1. The summed E-state index contributed by atoms with van der Waals surface area (Å²) >= 11 is 12.1. The molecule has 8 rings (SSSR count). The van der Waals surface area contributed by atoms with Crippen molar-refractivity contribution in [3.05, 3.63) is 139 Å². The van der Waals surface area contributed by atoms with Crippen molar-refractivity contribution >= 4 is 58.5 Å². The molecule has 2 aliphatic carbocycles. The van der Waals surface area contributed by atoms with Crippen molar-refractivity contribution in [2.24, 2.45) is 0 Å². The number of Topliss-reactive ketones (excluding diaryl/α,β-unsaturated/α-hetero) is 2. The molecule has 2 atom stereocenters. The molecule has 2 fully saturated rings. The van der Waals surface area contributed by atoms with Crippen LogP contribution in [0.3, 0.4) is 0 Å². The molecule has 11 nitrogen and oxygen atoms in total. The third-order valence-corrected chi connectivity index (χ3v) is 12.2. The standard InChI is InChI=1S/C23H23ClN2O4.C21H18ClNO4/c1-14-20(27)13-16-12-18(24)8-9-19(16)22(29)26(14)23(10-11-23)17-6-4-15(5-7-17)21(28)25(2)30-3;1-12-18(24)11-14-10-16(22)6-7-17(14)19(25)23(12)21(8-9-21)15-4-2-13(3-5-15)20(26)27/h4-9,12,14H,10-11,13H2,1-3H3;2-7,10,12H,8-9,11H2,1H3,(H,26,27). The summed E-state index contributed by atoms with van der Waals surface area (Å²) in [4.78, 5) is 84.3. The van der Waals surface area contributed by atoms with Gasteiger partial charge >= 0.3 is 5.97 Å². The Morgan fingerprint density at radius 3 is 1.40 bits per heavy atom. The summed E-state index contributed by atoms with van der Waals surface area (Å²) < 4.78 is 0. The molecule has 0 radical (unpaired) electrons. The number of aromatic carboxylic acids is 1. The van der Waals surface area contributed by atoms with Crippen LogP contribution in [0.25, 0.3) is 0 Å². The van der Waals surface area contributed by atoms with Crippen molar-refractivity contribution in [3.63, 3.8) is 0 Å². The highest BCUT2D eigenvalue weighted by Crippen LogP contribution is 2.54.